The van der Waals surface area contributed by atoms with Gasteiger partial charge in [0, 0.05) is 11.8 Å². The second kappa shape index (κ2) is 4.32. The van der Waals surface area contributed by atoms with Gasteiger partial charge in [0.15, 0.2) is 0 Å². The summed E-state index contributed by atoms with van der Waals surface area (Å²) in [6.45, 7) is 4.60. The molecule has 0 aromatic carbocycles. The molecule has 0 heterocycles. The van der Waals surface area contributed by atoms with Crippen molar-refractivity contribution in [1.29, 1.82) is 0 Å². The Morgan fingerprint density at radius 1 is 1.19 bits per heavy atom. The van der Waals surface area contributed by atoms with Crippen molar-refractivity contribution in [2.75, 3.05) is 0 Å². The zero-order chi connectivity index (χ0) is 14.8. The third-order valence-electron chi connectivity index (χ3n) is 7.22. The van der Waals surface area contributed by atoms with E-state index in [1.165, 1.54) is 17.6 Å². The van der Waals surface area contributed by atoms with Crippen molar-refractivity contribution in [2.24, 2.45) is 22.7 Å². The van der Waals surface area contributed by atoms with Crippen LogP contribution < -0.4 is 0 Å². The summed E-state index contributed by atoms with van der Waals surface area (Å²) in [7, 11) is 0. The maximum atomic E-state index is 12.3. The second-order valence-corrected chi connectivity index (χ2v) is 8.15. The molecule has 0 spiro atoms. The number of aliphatic hydroxyl groups excluding tert-OH is 1. The number of hydrogen-bond donors (Lipinski definition) is 1. The fourth-order valence-corrected chi connectivity index (χ4v) is 5.80. The van der Waals surface area contributed by atoms with Gasteiger partial charge < -0.3 is 5.11 Å². The highest BCUT2D eigenvalue weighted by atomic mass is 16.3. The average Bonchev–Trinajstić information content (AvgIpc) is 2.76. The van der Waals surface area contributed by atoms with Gasteiger partial charge in [0.2, 0.25) is 0 Å². The van der Waals surface area contributed by atoms with Gasteiger partial charge in [-0.2, -0.15) is 0 Å². The summed E-state index contributed by atoms with van der Waals surface area (Å²) in [4.78, 5) is 12.3. The van der Waals surface area contributed by atoms with Crippen LogP contribution in [0.5, 0.6) is 0 Å². The standard InChI is InChI=1S/C19H26O2/c1-18-9-7-13(20)11-12(18)3-4-14-15-5-6-17(21)19(15,2)10-8-16(14)18/h3,5,13-14,16,20H,4,6-11H2,1-2H3/t13-,14?,16?,18-,19-/m1/s1. The Hall–Kier alpha value is -0.890. The van der Waals surface area contributed by atoms with Gasteiger partial charge in [-0.3, -0.25) is 4.79 Å². The molecule has 0 aromatic rings. The topological polar surface area (TPSA) is 37.3 Å². The van der Waals surface area contributed by atoms with E-state index >= 15 is 0 Å². The van der Waals surface area contributed by atoms with Gasteiger partial charge in [0.1, 0.15) is 5.78 Å². The lowest BCUT2D eigenvalue weighted by atomic mass is 9.49. The van der Waals surface area contributed by atoms with Crippen molar-refractivity contribution >= 4 is 5.78 Å². The molecule has 4 aliphatic rings. The first kappa shape index (κ1) is 13.8. The zero-order valence-electron chi connectivity index (χ0n) is 13.2. The molecule has 1 N–H and O–H groups in total. The number of carbonyl (C=O) groups is 1. The van der Waals surface area contributed by atoms with E-state index in [1.807, 2.05) is 0 Å². The molecule has 0 radical (unpaired) electrons. The van der Waals surface area contributed by atoms with Gasteiger partial charge in [0.05, 0.1) is 6.10 Å². The Balaban J connectivity index is 1.73. The van der Waals surface area contributed by atoms with Crippen molar-refractivity contribution in [3.63, 3.8) is 0 Å². The quantitative estimate of drug-likeness (QED) is 0.688. The lowest BCUT2D eigenvalue weighted by Crippen LogP contribution is -2.47. The molecule has 0 amide bonds. The number of ketones is 1. The zero-order valence-corrected chi connectivity index (χ0v) is 13.2. The molecule has 0 aliphatic heterocycles. The summed E-state index contributed by atoms with van der Waals surface area (Å²) >= 11 is 0. The van der Waals surface area contributed by atoms with Crippen LogP contribution in [0.15, 0.2) is 23.3 Å². The van der Waals surface area contributed by atoms with Crippen LogP contribution in [0.2, 0.25) is 0 Å². The molecule has 0 aromatic heterocycles. The third-order valence-corrected chi connectivity index (χ3v) is 7.22. The Bertz CT molecular complexity index is 558. The minimum Gasteiger partial charge on any atom is -0.393 e. The molecule has 2 saturated carbocycles. The monoisotopic (exact) mass is 286 g/mol. The molecule has 2 unspecified atom stereocenters. The predicted octanol–water partition coefficient (Wildman–Crippen LogP) is 3.80. The van der Waals surface area contributed by atoms with Crippen molar-refractivity contribution < 1.29 is 9.90 Å². The molecule has 4 rings (SSSR count). The number of rotatable bonds is 0. The van der Waals surface area contributed by atoms with Gasteiger partial charge in [-0.05, 0) is 62.7 Å². The van der Waals surface area contributed by atoms with Crippen molar-refractivity contribution in [1.82, 2.24) is 0 Å². The summed E-state index contributed by atoms with van der Waals surface area (Å²) < 4.78 is 0. The van der Waals surface area contributed by atoms with Crippen LogP contribution in [0.1, 0.15) is 58.8 Å². The van der Waals surface area contributed by atoms with Gasteiger partial charge in [-0.25, -0.2) is 0 Å². The summed E-state index contributed by atoms with van der Waals surface area (Å²) in [5, 5.41) is 9.99. The Morgan fingerprint density at radius 3 is 2.81 bits per heavy atom. The van der Waals surface area contributed by atoms with Crippen molar-refractivity contribution in [3.8, 4) is 0 Å². The van der Waals surface area contributed by atoms with Crippen molar-refractivity contribution in [2.45, 2.75) is 64.9 Å². The number of hydrogen-bond acceptors (Lipinski definition) is 2. The molecule has 2 fully saturated rings. The van der Waals surface area contributed by atoms with Crippen LogP contribution >= 0.6 is 0 Å². The van der Waals surface area contributed by atoms with E-state index in [4.69, 9.17) is 0 Å². The van der Waals surface area contributed by atoms with Crippen LogP contribution in [0.25, 0.3) is 0 Å². The predicted molar refractivity (Wildman–Crippen MR) is 82.7 cm³/mol. The third kappa shape index (κ3) is 1.72. The minimum absolute atomic E-state index is 0.137. The fraction of sp³-hybridized carbons (Fsp3) is 0.737. The van der Waals surface area contributed by atoms with Crippen LogP contribution in [-0.2, 0) is 4.79 Å². The highest BCUT2D eigenvalue weighted by Gasteiger charge is 2.55. The summed E-state index contributed by atoms with van der Waals surface area (Å²) in [5.74, 6) is 1.68. The highest BCUT2D eigenvalue weighted by molar-refractivity contribution is 5.92. The molecule has 114 valence electrons. The minimum atomic E-state index is -0.156. The largest absolute Gasteiger partial charge is 0.393 e. The Morgan fingerprint density at radius 2 is 2.00 bits per heavy atom. The van der Waals surface area contributed by atoms with Crippen LogP contribution in [0.3, 0.4) is 0 Å². The Kier molecular flexibility index (Phi) is 2.83. The van der Waals surface area contributed by atoms with E-state index < -0.39 is 0 Å². The smallest absolute Gasteiger partial charge is 0.146 e. The summed E-state index contributed by atoms with van der Waals surface area (Å²) in [5.41, 5.74) is 3.05. The molecule has 2 nitrogen and oxygen atoms in total. The highest BCUT2D eigenvalue weighted by Crippen LogP contribution is 2.62. The van der Waals surface area contributed by atoms with E-state index in [0.29, 0.717) is 24.0 Å². The van der Waals surface area contributed by atoms with Gasteiger partial charge >= 0.3 is 0 Å². The molecule has 4 aliphatic carbocycles. The number of Topliss-reactive ketones (excluding diaryl/α,β-unsaturated/α-hetero) is 1. The number of aliphatic hydroxyl groups is 1. The average molecular weight is 286 g/mol. The lowest BCUT2D eigenvalue weighted by molar-refractivity contribution is -0.126. The fourth-order valence-electron chi connectivity index (χ4n) is 5.80. The number of carbonyl (C=O) groups excluding carboxylic acids is 1. The van der Waals surface area contributed by atoms with Crippen LogP contribution in [-0.4, -0.2) is 17.0 Å². The van der Waals surface area contributed by atoms with Gasteiger partial charge in [-0.1, -0.05) is 30.2 Å². The van der Waals surface area contributed by atoms with Crippen LogP contribution in [0, 0.1) is 22.7 Å². The van der Waals surface area contributed by atoms with E-state index in [9.17, 15) is 9.90 Å². The van der Waals surface area contributed by atoms with Gasteiger partial charge in [0.25, 0.3) is 0 Å². The first-order chi connectivity index (χ1) is 9.95. The second-order valence-electron chi connectivity index (χ2n) is 8.15. The Labute approximate surface area is 127 Å². The van der Waals surface area contributed by atoms with Crippen LogP contribution in [0.4, 0.5) is 0 Å². The maximum absolute atomic E-state index is 12.3. The normalized spacial score (nSPS) is 48.9. The first-order valence-electron chi connectivity index (χ1n) is 8.56. The molecule has 2 heteroatoms. The van der Waals surface area contributed by atoms with Crippen molar-refractivity contribution in [3.05, 3.63) is 23.3 Å². The SMILES string of the molecule is C[C@@]12CCC3C(CC=C4C[C@H](O)CC[C@]43C)C1=CCC2=O. The van der Waals surface area contributed by atoms with E-state index in [-0.39, 0.29) is 16.9 Å². The lowest BCUT2D eigenvalue weighted by Gasteiger charge is -2.55. The number of fused-ring (bicyclic) bond motifs is 5. The molecule has 21 heavy (non-hydrogen) atoms. The van der Waals surface area contributed by atoms with E-state index in [0.717, 1.165) is 32.1 Å². The molecular weight excluding hydrogens is 260 g/mol. The first-order valence-corrected chi connectivity index (χ1v) is 8.56. The summed E-state index contributed by atoms with van der Waals surface area (Å²) in [6, 6.07) is 0. The maximum Gasteiger partial charge on any atom is 0.146 e. The molecule has 0 saturated heterocycles. The molecule has 0 bridgehead atoms. The summed E-state index contributed by atoms with van der Waals surface area (Å²) in [6.07, 6.45) is 11.4. The number of allylic oxidation sites excluding steroid dienone is 3. The molecular formula is C19H26O2. The van der Waals surface area contributed by atoms with E-state index in [1.54, 1.807) is 0 Å². The molecule has 5 atom stereocenters. The van der Waals surface area contributed by atoms with E-state index in [2.05, 4.69) is 26.0 Å². The van der Waals surface area contributed by atoms with Gasteiger partial charge in [-0.15, -0.1) is 0 Å².